The monoisotopic (exact) mass is 425 g/mol. The SMILES string of the molecule is Cc1ccc(-c2nc(C(=O)N3CCC(C(=O)N4CCCC(C)C4)CC3)cs2)c(C)c1. The van der Waals surface area contributed by atoms with E-state index in [1.807, 2.05) is 15.2 Å². The summed E-state index contributed by atoms with van der Waals surface area (Å²) in [6.07, 6.45) is 3.83. The largest absolute Gasteiger partial charge is 0.342 e. The third-order valence-corrected chi connectivity index (χ3v) is 7.31. The van der Waals surface area contributed by atoms with Crippen LogP contribution < -0.4 is 0 Å². The molecule has 2 amide bonds. The zero-order valence-electron chi connectivity index (χ0n) is 18.2. The Bertz CT molecular complexity index is 930. The van der Waals surface area contributed by atoms with Crippen LogP contribution in [0.1, 0.15) is 54.2 Å². The summed E-state index contributed by atoms with van der Waals surface area (Å²) in [7, 11) is 0. The van der Waals surface area contributed by atoms with Crippen LogP contribution in [-0.4, -0.2) is 52.8 Å². The van der Waals surface area contributed by atoms with Crippen molar-refractivity contribution >= 4 is 23.2 Å². The fraction of sp³-hybridized carbons (Fsp3) is 0.542. The number of rotatable bonds is 3. The van der Waals surface area contributed by atoms with E-state index >= 15 is 0 Å². The van der Waals surface area contributed by atoms with Crippen molar-refractivity contribution in [3.63, 3.8) is 0 Å². The van der Waals surface area contributed by atoms with Gasteiger partial charge in [-0.2, -0.15) is 0 Å². The Morgan fingerprint density at radius 1 is 1.07 bits per heavy atom. The fourth-order valence-corrected chi connectivity index (χ4v) is 5.57. The van der Waals surface area contributed by atoms with Crippen LogP contribution in [0.3, 0.4) is 0 Å². The van der Waals surface area contributed by atoms with Crippen molar-refractivity contribution in [1.29, 1.82) is 0 Å². The predicted octanol–water partition coefficient (Wildman–Crippen LogP) is 4.54. The number of benzene rings is 1. The molecule has 5 nitrogen and oxygen atoms in total. The van der Waals surface area contributed by atoms with Gasteiger partial charge in [0.05, 0.1) is 0 Å². The average molecular weight is 426 g/mol. The highest BCUT2D eigenvalue weighted by molar-refractivity contribution is 7.13. The van der Waals surface area contributed by atoms with Crippen LogP contribution in [0.2, 0.25) is 0 Å². The number of likely N-dealkylation sites (tertiary alicyclic amines) is 2. The maximum atomic E-state index is 13.0. The molecule has 2 saturated heterocycles. The smallest absolute Gasteiger partial charge is 0.273 e. The van der Waals surface area contributed by atoms with Crippen LogP contribution >= 0.6 is 11.3 Å². The topological polar surface area (TPSA) is 53.5 Å². The molecule has 6 heteroatoms. The van der Waals surface area contributed by atoms with Crippen LogP contribution in [0, 0.1) is 25.7 Å². The van der Waals surface area contributed by atoms with Gasteiger partial charge in [0.15, 0.2) is 0 Å². The highest BCUT2D eigenvalue weighted by atomic mass is 32.1. The first-order valence-electron chi connectivity index (χ1n) is 11.0. The summed E-state index contributed by atoms with van der Waals surface area (Å²) < 4.78 is 0. The molecule has 1 unspecified atom stereocenters. The van der Waals surface area contributed by atoms with Gasteiger partial charge < -0.3 is 9.80 Å². The molecule has 0 aliphatic carbocycles. The molecule has 0 spiro atoms. The van der Waals surface area contributed by atoms with Gasteiger partial charge in [-0.25, -0.2) is 4.98 Å². The Balaban J connectivity index is 1.37. The van der Waals surface area contributed by atoms with Crippen molar-refractivity contribution < 1.29 is 9.59 Å². The minimum absolute atomic E-state index is 0.0141. The quantitative estimate of drug-likeness (QED) is 0.726. The average Bonchev–Trinajstić information content (AvgIpc) is 3.22. The summed E-state index contributed by atoms with van der Waals surface area (Å²) in [5.41, 5.74) is 4.00. The molecule has 2 aromatic rings. The van der Waals surface area contributed by atoms with E-state index < -0.39 is 0 Å². The van der Waals surface area contributed by atoms with Gasteiger partial charge in [0.1, 0.15) is 10.7 Å². The summed E-state index contributed by atoms with van der Waals surface area (Å²) in [5.74, 6) is 0.931. The molecule has 3 heterocycles. The first kappa shape index (κ1) is 21.0. The van der Waals surface area contributed by atoms with E-state index in [1.165, 1.54) is 28.9 Å². The Morgan fingerprint density at radius 3 is 2.53 bits per heavy atom. The number of carbonyl (C=O) groups excluding carboxylic acids is 2. The summed E-state index contributed by atoms with van der Waals surface area (Å²) in [6.45, 7) is 9.43. The van der Waals surface area contributed by atoms with E-state index in [9.17, 15) is 9.59 Å². The minimum atomic E-state index is -0.0141. The van der Waals surface area contributed by atoms with Crippen molar-refractivity contribution in [2.24, 2.45) is 11.8 Å². The second-order valence-corrected chi connectivity index (χ2v) is 9.81. The summed E-state index contributed by atoms with van der Waals surface area (Å²) >= 11 is 1.52. The zero-order chi connectivity index (χ0) is 21.3. The van der Waals surface area contributed by atoms with Gasteiger partial charge in [-0.05, 0) is 51.0 Å². The highest BCUT2D eigenvalue weighted by Crippen LogP contribution is 2.29. The Hall–Kier alpha value is -2.21. The van der Waals surface area contributed by atoms with Crippen LogP contribution in [0.25, 0.3) is 10.6 Å². The number of nitrogens with zero attached hydrogens (tertiary/aromatic N) is 3. The van der Waals surface area contributed by atoms with E-state index in [0.29, 0.717) is 30.6 Å². The van der Waals surface area contributed by atoms with E-state index in [4.69, 9.17) is 0 Å². The van der Waals surface area contributed by atoms with Gasteiger partial charge in [-0.15, -0.1) is 11.3 Å². The predicted molar refractivity (Wildman–Crippen MR) is 121 cm³/mol. The lowest BCUT2D eigenvalue weighted by Gasteiger charge is -2.37. The Kier molecular flexibility index (Phi) is 6.23. The molecule has 1 aromatic heterocycles. The fourth-order valence-electron chi connectivity index (χ4n) is 4.69. The standard InChI is InChI=1S/C24H31N3O2S/c1-16-6-7-20(18(3)13-16)22-25-21(15-30-22)24(29)26-11-8-19(9-12-26)23(28)27-10-4-5-17(2)14-27/h6-7,13,15,17,19H,4-5,8-12,14H2,1-3H3. The van der Waals surface area contributed by atoms with Gasteiger partial charge in [0.25, 0.3) is 5.91 Å². The number of thiazole rings is 1. The van der Waals surface area contributed by atoms with Gasteiger partial charge >= 0.3 is 0 Å². The molecular formula is C24H31N3O2S. The number of carbonyl (C=O) groups is 2. The number of hydrogen-bond donors (Lipinski definition) is 0. The molecule has 1 atom stereocenters. The van der Waals surface area contributed by atoms with Gasteiger partial charge in [0.2, 0.25) is 5.91 Å². The molecule has 0 N–H and O–H groups in total. The summed E-state index contributed by atoms with van der Waals surface area (Å²) in [5, 5.41) is 2.75. The van der Waals surface area contributed by atoms with Crippen molar-refractivity contribution in [2.45, 2.75) is 46.5 Å². The van der Waals surface area contributed by atoms with Crippen LogP contribution in [0.5, 0.6) is 0 Å². The Labute approximate surface area is 183 Å². The first-order valence-corrected chi connectivity index (χ1v) is 11.9. The number of amides is 2. The number of aromatic nitrogens is 1. The zero-order valence-corrected chi connectivity index (χ0v) is 19.0. The van der Waals surface area contributed by atoms with Crippen molar-refractivity contribution in [2.75, 3.05) is 26.2 Å². The molecule has 4 rings (SSSR count). The van der Waals surface area contributed by atoms with Gasteiger partial charge in [-0.1, -0.05) is 30.7 Å². The molecule has 30 heavy (non-hydrogen) atoms. The van der Waals surface area contributed by atoms with E-state index in [1.54, 1.807) is 0 Å². The molecule has 160 valence electrons. The minimum Gasteiger partial charge on any atom is -0.342 e. The van der Waals surface area contributed by atoms with E-state index in [-0.39, 0.29) is 11.8 Å². The van der Waals surface area contributed by atoms with Crippen LogP contribution in [0.15, 0.2) is 23.6 Å². The summed E-state index contributed by atoms with van der Waals surface area (Å²) in [6, 6.07) is 6.30. The van der Waals surface area contributed by atoms with Crippen LogP contribution in [0.4, 0.5) is 0 Å². The maximum absolute atomic E-state index is 13.0. The molecule has 2 aliphatic rings. The van der Waals surface area contributed by atoms with E-state index in [0.717, 1.165) is 42.9 Å². The molecule has 1 aromatic carbocycles. The first-order chi connectivity index (χ1) is 14.4. The molecule has 0 bridgehead atoms. The van der Waals surface area contributed by atoms with Crippen molar-refractivity contribution in [3.8, 4) is 10.6 Å². The number of aryl methyl sites for hydroxylation is 2. The molecule has 0 saturated carbocycles. The highest BCUT2D eigenvalue weighted by Gasteiger charge is 2.32. The Morgan fingerprint density at radius 2 is 1.83 bits per heavy atom. The lowest BCUT2D eigenvalue weighted by molar-refractivity contribution is -0.138. The second-order valence-electron chi connectivity index (χ2n) is 8.95. The third-order valence-electron chi connectivity index (χ3n) is 6.44. The second kappa shape index (κ2) is 8.88. The normalized spacial score (nSPS) is 20.4. The molecule has 2 aliphatic heterocycles. The number of hydrogen-bond acceptors (Lipinski definition) is 4. The molecular weight excluding hydrogens is 394 g/mol. The molecule has 0 radical (unpaired) electrons. The van der Waals surface area contributed by atoms with Gasteiger partial charge in [-0.3, -0.25) is 9.59 Å². The van der Waals surface area contributed by atoms with Crippen molar-refractivity contribution in [1.82, 2.24) is 14.8 Å². The van der Waals surface area contributed by atoms with E-state index in [2.05, 4.69) is 44.0 Å². The van der Waals surface area contributed by atoms with Gasteiger partial charge in [0, 0.05) is 43.0 Å². The third kappa shape index (κ3) is 4.43. The lowest BCUT2D eigenvalue weighted by Crippen LogP contribution is -2.47. The lowest BCUT2D eigenvalue weighted by atomic mass is 9.92. The van der Waals surface area contributed by atoms with Crippen molar-refractivity contribution in [3.05, 3.63) is 40.4 Å². The maximum Gasteiger partial charge on any atom is 0.273 e. The van der Waals surface area contributed by atoms with Crippen LogP contribution in [-0.2, 0) is 4.79 Å². The summed E-state index contributed by atoms with van der Waals surface area (Å²) in [4.78, 5) is 34.4. The number of piperidine rings is 2. The molecule has 2 fully saturated rings.